The van der Waals surface area contributed by atoms with Gasteiger partial charge >= 0.3 is 5.97 Å². The maximum Gasteiger partial charge on any atom is 0.347 e. The first-order valence-electron chi connectivity index (χ1n) is 8.26. The Morgan fingerprint density at radius 3 is 1.52 bits per heavy atom. The summed E-state index contributed by atoms with van der Waals surface area (Å²) in [5, 5.41) is 11.3. The first kappa shape index (κ1) is 18.8. The molecule has 5 nitrogen and oxygen atoms in total. The molecule has 134 valence electrons. The first-order valence-corrected chi connectivity index (χ1v) is 8.26. The van der Waals surface area contributed by atoms with Crippen molar-refractivity contribution >= 4 is 17.3 Å². The van der Waals surface area contributed by atoms with Crippen LogP contribution < -0.4 is 9.80 Å². The molecule has 0 saturated heterocycles. The Kier molecular flexibility index (Phi) is 5.69. The zero-order valence-corrected chi connectivity index (χ0v) is 15.5. The fourth-order valence-electron chi connectivity index (χ4n) is 2.64. The second-order valence-electron chi connectivity index (χ2n) is 6.31. The van der Waals surface area contributed by atoms with Gasteiger partial charge in [-0.1, -0.05) is 24.3 Å². The molecule has 2 rings (SSSR count). The van der Waals surface area contributed by atoms with Crippen LogP contribution in [0.15, 0.2) is 48.5 Å². The van der Waals surface area contributed by atoms with Gasteiger partial charge < -0.3 is 19.6 Å². The van der Waals surface area contributed by atoms with Gasteiger partial charge in [-0.3, -0.25) is 0 Å². The van der Waals surface area contributed by atoms with Crippen LogP contribution in [0.1, 0.15) is 18.1 Å². The molecule has 0 radical (unpaired) electrons. The Balaban J connectivity index is 2.51. The Morgan fingerprint density at radius 2 is 1.24 bits per heavy atom. The first-order chi connectivity index (χ1) is 11.8. The molecule has 25 heavy (non-hydrogen) atoms. The van der Waals surface area contributed by atoms with Crippen molar-refractivity contribution in [2.24, 2.45) is 0 Å². The largest absolute Gasteiger partial charge is 0.463 e. The SMILES string of the molecule is CCOC(=O)C(O)(c1ccc(N(C)C)cc1)c1ccc(N(C)C)cc1. The Labute approximate surface area is 149 Å². The number of aliphatic hydroxyl groups is 1. The second kappa shape index (κ2) is 7.57. The number of nitrogens with zero attached hydrogens (tertiary/aromatic N) is 2. The standard InChI is InChI=1S/C20H26N2O3/c1-6-25-19(23)20(24,15-7-11-17(12-8-15)21(2)3)16-9-13-18(14-10-16)22(4)5/h7-14,24H,6H2,1-5H3. The van der Waals surface area contributed by atoms with E-state index in [2.05, 4.69) is 0 Å². The third-order valence-electron chi connectivity index (χ3n) is 4.17. The van der Waals surface area contributed by atoms with Gasteiger partial charge in [0.05, 0.1) is 6.61 Å². The average molecular weight is 342 g/mol. The van der Waals surface area contributed by atoms with Crippen molar-refractivity contribution in [2.75, 3.05) is 44.6 Å². The molecule has 0 atom stereocenters. The number of rotatable bonds is 6. The van der Waals surface area contributed by atoms with Crippen LogP contribution in [-0.2, 0) is 15.1 Å². The molecule has 5 heteroatoms. The zero-order valence-electron chi connectivity index (χ0n) is 15.5. The predicted octanol–water partition coefficient (Wildman–Crippen LogP) is 2.62. The lowest BCUT2D eigenvalue weighted by Gasteiger charge is -2.28. The quantitative estimate of drug-likeness (QED) is 0.818. The predicted molar refractivity (Wildman–Crippen MR) is 101 cm³/mol. The Morgan fingerprint density at radius 1 is 0.880 bits per heavy atom. The van der Waals surface area contributed by atoms with E-state index in [-0.39, 0.29) is 6.61 Å². The number of carbonyl (C=O) groups excluding carboxylic acids is 1. The van der Waals surface area contributed by atoms with Gasteiger partial charge in [0, 0.05) is 39.6 Å². The van der Waals surface area contributed by atoms with Crippen molar-refractivity contribution in [2.45, 2.75) is 12.5 Å². The highest BCUT2D eigenvalue weighted by molar-refractivity contribution is 5.85. The van der Waals surface area contributed by atoms with Gasteiger partial charge in [-0.25, -0.2) is 4.79 Å². The molecular weight excluding hydrogens is 316 g/mol. The number of anilines is 2. The molecule has 0 amide bonds. The van der Waals surface area contributed by atoms with E-state index in [0.717, 1.165) is 11.4 Å². The van der Waals surface area contributed by atoms with Crippen molar-refractivity contribution in [3.05, 3.63) is 59.7 Å². The number of benzene rings is 2. The van der Waals surface area contributed by atoms with Crippen LogP contribution in [0.25, 0.3) is 0 Å². The van der Waals surface area contributed by atoms with E-state index >= 15 is 0 Å². The molecule has 1 N–H and O–H groups in total. The summed E-state index contributed by atoms with van der Waals surface area (Å²) < 4.78 is 5.16. The molecule has 0 aromatic heterocycles. The molecule has 0 fully saturated rings. The van der Waals surface area contributed by atoms with E-state index in [0.29, 0.717) is 11.1 Å². The number of hydrogen-bond acceptors (Lipinski definition) is 5. The summed E-state index contributed by atoms with van der Waals surface area (Å²) in [5.41, 5.74) is 1.09. The van der Waals surface area contributed by atoms with Gasteiger partial charge in [-0.15, -0.1) is 0 Å². The van der Waals surface area contributed by atoms with E-state index in [1.54, 1.807) is 31.2 Å². The number of ether oxygens (including phenoxy) is 1. The van der Waals surface area contributed by atoms with E-state index in [1.165, 1.54) is 0 Å². The number of hydrogen-bond donors (Lipinski definition) is 1. The zero-order chi connectivity index (χ0) is 18.6. The summed E-state index contributed by atoms with van der Waals surface area (Å²) in [4.78, 5) is 16.5. The lowest BCUT2D eigenvalue weighted by Crippen LogP contribution is -2.38. The summed E-state index contributed by atoms with van der Waals surface area (Å²) in [5.74, 6) is -0.676. The highest BCUT2D eigenvalue weighted by atomic mass is 16.5. The minimum atomic E-state index is -1.84. The summed E-state index contributed by atoms with van der Waals surface area (Å²) in [7, 11) is 7.75. The van der Waals surface area contributed by atoms with Gasteiger partial charge in [0.25, 0.3) is 0 Å². The molecule has 2 aromatic carbocycles. The van der Waals surface area contributed by atoms with Crippen LogP contribution >= 0.6 is 0 Å². The Hall–Kier alpha value is -2.53. The molecule has 0 unspecified atom stereocenters. The highest BCUT2D eigenvalue weighted by Gasteiger charge is 2.41. The minimum Gasteiger partial charge on any atom is -0.463 e. The van der Waals surface area contributed by atoms with Crippen LogP contribution in [-0.4, -0.2) is 45.9 Å². The lowest BCUT2D eigenvalue weighted by molar-refractivity contribution is -0.161. The van der Waals surface area contributed by atoms with E-state index in [1.807, 2.05) is 62.3 Å². The smallest absolute Gasteiger partial charge is 0.347 e. The van der Waals surface area contributed by atoms with E-state index < -0.39 is 11.6 Å². The van der Waals surface area contributed by atoms with Gasteiger partial charge in [-0.2, -0.15) is 0 Å². The highest BCUT2D eigenvalue weighted by Crippen LogP contribution is 2.33. The molecule has 0 saturated carbocycles. The van der Waals surface area contributed by atoms with Crippen LogP contribution in [0, 0.1) is 0 Å². The van der Waals surface area contributed by atoms with Gasteiger partial charge in [0.2, 0.25) is 5.60 Å². The normalized spacial score (nSPS) is 11.1. The molecule has 0 aliphatic carbocycles. The molecule has 0 heterocycles. The fourth-order valence-corrected chi connectivity index (χ4v) is 2.64. The summed E-state index contributed by atoms with van der Waals surface area (Å²) in [6.07, 6.45) is 0. The second-order valence-corrected chi connectivity index (χ2v) is 6.31. The molecule has 0 aliphatic heterocycles. The molecular formula is C20H26N2O3. The number of esters is 1. The van der Waals surface area contributed by atoms with Gasteiger partial charge in [0.15, 0.2) is 0 Å². The lowest BCUT2D eigenvalue weighted by atomic mass is 9.86. The van der Waals surface area contributed by atoms with Crippen LogP contribution in [0.3, 0.4) is 0 Å². The van der Waals surface area contributed by atoms with Crippen molar-refractivity contribution in [1.82, 2.24) is 0 Å². The summed E-state index contributed by atoms with van der Waals surface area (Å²) in [6, 6.07) is 14.5. The van der Waals surface area contributed by atoms with Crippen LogP contribution in [0.4, 0.5) is 11.4 Å². The summed E-state index contributed by atoms with van der Waals surface area (Å²) >= 11 is 0. The van der Waals surface area contributed by atoms with Crippen molar-refractivity contribution in [3.63, 3.8) is 0 Å². The molecule has 2 aromatic rings. The third kappa shape index (κ3) is 3.77. The van der Waals surface area contributed by atoms with Crippen molar-refractivity contribution in [3.8, 4) is 0 Å². The summed E-state index contributed by atoms with van der Waals surface area (Å²) in [6.45, 7) is 1.93. The average Bonchev–Trinajstić information content (AvgIpc) is 2.61. The Bertz CT molecular complexity index is 655. The molecule has 0 aliphatic rings. The van der Waals surface area contributed by atoms with Gasteiger partial charge in [-0.05, 0) is 42.3 Å². The molecule has 0 bridgehead atoms. The maximum absolute atomic E-state index is 12.6. The topological polar surface area (TPSA) is 53.0 Å². The van der Waals surface area contributed by atoms with Crippen molar-refractivity contribution < 1.29 is 14.6 Å². The fraction of sp³-hybridized carbons (Fsp3) is 0.350. The van der Waals surface area contributed by atoms with Crippen LogP contribution in [0.2, 0.25) is 0 Å². The number of carbonyl (C=O) groups is 1. The maximum atomic E-state index is 12.6. The minimum absolute atomic E-state index is 0.201. The molecule has 0 spiro atoms. The van der Waals surface area contributed by atoms with Crippen molar-refractivity contribution in [1.29, 1.82) is 0 Å². The monoisotopic (exact) mass is 342 g/mol. The third-order valence-corrected chi connectivity index (χ3v) is 4.17. The van der Waals surface area contributed by atoms with Crippen LogP contribution in [0.5, 0.6) is 0 Å². The van der Waals surface area contributed by atoms with E-state index in [4.69, 9.17) is 4.74 Å². The van der Waals surface area contributed by atoms with Gasteiger partial charge in [0.1, 0.15) is 0 Å². The van der Waals surface area contributed by atoms with E-state index in [9.17, 15) is 9.90 Å².